The molecule has 184 valence electrons. The number of nitrogens with zero attached hydrogens (tertiary/aromatic N) is 2. The molecule has 0 spiro atoms. The average molecular weight is 487 g/mol. The first-order chi connectivity index (χ1) is 17.5. The molecule has 0 saturated heterocycles. The van der Waals surface area contributed by atoms with Gasteiger partial charge in [0.2, 0.25) is 5.91 Å². The Balaban J connectivity index is 1.58. The number of fused-ring (bicyclic) bond motifs is 1. The topological polar surface area (TPSA) is 123 Å². The Bertz CT molecular complexity index is 1290. The normalized spacial score (nSPS) is 14.8. The standard InChI is InChI=1S/C27H26N4O5/c1-2-36-24(32)17-28-15-14-18-8-10-20(11-9-18)29-26(19-6-4-3-5-7-19)25-22-16-21(31(34)35)12-13-23(22)30-27(25)33/h3-13,16,25,28H,2,14-15,17H2,1H3,(H,30,33). The molecular weight excluding hydrogens is 460 g/mol. The Morgan fingerprint density at radius 2 is 1.86 bits per heavy atom. The van der Waals surface area contributed by atoms with Gasteiger partial charge in [0, 0.05) is 23.4 Å². The van der Waals surface area contributed by atoms with E-state index in [2.05, 4.69) is 10.6 Å². The van der Waals surface area contributed by atoms with E-state index in [9.17, 15) is 19.7 Å². The van der Waals surface area contributed by atoms with Gasteiger partial charge >= 0.3 is 5.97 Å². The summed E-state index contributed by atoms with van der Waals surface area (Å²) < 4.78 is 4.90. The van der Waals surface area contributed by atoms with E-state index in [0.29, 0.717) is 35.8 Å². The first-order valence-electron chi connectivity index (χ1n) is 11.6. The zero-order valence-corrected chi connectivity index (χ0v) is 19.8. The van der Waals surface area contributed by atoms with Crippen LogP contribution in [-0.4, -0.2) is 42.2 Å². The average Bonchev–Trinajstić information content (AvgIpc) is 3.21. The highest BCUT2D eigenvalue weighted by Gasteiger charge is 2.36. The van der Waals surface area contributed by atoms with E-state index in [1.54, 1.807) is 13.0 Å². The number of carbonyl (C=O) groups excluding carboxylic acids is 2. The van der Waals surface area contributed by atoms with Gasteiger partial charge in [-0.1, -0.05) is 42.5 Å². The van der Waals surface area contributed by atoms with Crippen molar-refractivity contribution in [2.24, 2.45) is 4.99 Å². The van der Waals surface area contributed by atoms with Crippen LogP contribution in [0.25, 0.3) is 0 Å². The van der Waals surface area contributed by atoms with Gasteiger partial charge in [-0.25, -0.2) is 0 Å². The number of non-ortho nitro benzene ring substituents is 1. The Kier molecular flexibility index (Phi) is 7.82. The second-order valence-electron chi connectivity index (χ2n) is 8.21. The van der Waals surface area contributed by atoms with Crippen molar-refractivity contribution in [3.63, 3.8) is 0 Å². The second kappa shape index (κ2) is 11.4. The summed E-state index contributed by atoms with van der Waals surface area (Å²) in [6.45, 7) is 2.92. The van der Waals surface area contributed by atoms with Gasteiger partial charge < -0.3 is 15.4 Å². The highest BCUT2D eigenvalue weighted by molar-refractivity contribution is 6.24. The van der Waals surface area contributed by atoms with Gasteiger partial charge in [0.15, 0.2) is 0 Å². The third-order valence-corrected chi connectivity index (χ3v) is 5.77. The molecule has 1 heterocycles. The number of hydrogen-bond acceptors (Lipinski definition) is 7. The van der Waals surface area contributed by atoms with Crippen LogP contribution in [0.2, 0.25) is 0 Å². The predicted molar refractivity (Wildman–Crippen MR) is 137 cm³/mol. The smallest absolute Gasteiger partial charge is 0.319 e. The monoisotopic (exact) mass is 486 g/mol. The fourth-order valence-corrected chi connectivity index (χ4v) is 4.05. The van der Waals surface area contributed by atoms with E-state index in [4.69, 9.17) is 9.73 Å². The fourth-order valence-electron chi connectivity index (χ4n) is 4.05. The molecule has 0 saturated carbocycles. The van der Waals surface area contributed by atoms with Crippen LogP contribution in [0.4, 0.5) is 17.1 Å². The number of amides is 1. The van der Waals surface area contributed by atoms with E-state index in [1.165, 1.54) is 12.1 Å². The summed E-state index contributed by atoms with van der Waals surface area (Å²) >= 11 is 0. The largest absolute Gasteiger partial charge is 0.465 e. The number of nitro groups is 1. The number of carbonyl (C=O) groups is 2. The van der Waals surface area contributed by atoms with Crippen LogP contribution < -0.4 is 10.6 Å². The quantitative estimate of drug-likeness (QED) is 0.146. The molecule has 36 heavy (non-hydrogen) atoms. The molecule has 3 aromatic rings. The van der Waals surface area contributed by atoms with Crippen LogP contribution in [0, 0.1) is 10.1 Å². The molecule has 9 nitrogen and oxygen atoms in total. The third-order valence-electron chi connectivity index (χ3n) is 5.77. The zero-order valence-electron chi connectivity index (χ0n) is 19.8. The molecule has 3 aromatic carbocycles. The molecule has 0 radical (unpaired) electrons. The predicted octanol–water partition coefficient (Wildman–Crippen LogP) is 4.15. The number of aliphatic imine (C=N–C) groups is 1. The summed E-state index contributed by atoms with van der Waals surface area (Å²) in [5, 5.41) is 17.2. The lowest BCUT2D eigenvalue weighted by Gasteiger charge is -2.14. The van der Waals surface area contributed by atoms with Crippen molar-refractivity contribution in [2.45, 2.75) is 19.3 Å². The van der Waals surface area contributed by atoms with Gasteiger partial charge in [0.25, 0.3) is 5.69 Å². The number of ether oxygens (including phenoxy) is 1. The molecule has 0 aliphatic carbocycles. The highest BCUT2D eigenvalue weighted by Crippen LogP contribution is 2.38. The molecule has 1 unspecified atom stereocenters. The minimum absolute atomic E-state index is 0.0800. The molecule has 0 fully saturated rings. The van der Waals surface area contributed by atoms with Crippen LogP contribution in [-0.2, 0) is 20.7 Å². The highest BCUT2D eigenvalue weighted by atomic mass is 16.6. The maximum atomic E-state index is 13.0. The fraction of sp³-hybridized carbons (Fsp3) is 0.222. The Morgan fingerprint density at radius 1 is 1.11 bits per heavy atom. The molecule has 2 N–H and O–H groups in total. The van der Waals surface area contributed by atoms with Gasteiger partial charge in [-0.3, -0.25) is 24.7 Å². The van der Waals surface area contributed by atoms with Gasteiger partial charge in [-0.05, 0) is 49.2 Å². The van der Waals surface area contributed by atoms with E-state index in [0.717, 1.165) is 17.5 Å². The van der Waals surface area contributed by atoms with Gasteiger partial charge in [0.05, 0.1) is 29.5 Å². The van der Waals surface area contributed by atoms with Crippen molar-refractivity contribution in [3.8, 4) is 0 Å². The number of nitro benzene ring substituents is 1. The number of anilines is 1. The Morgan fingerprint density at radius 3 is 2.56 bits per heavy atom. The van der Waals surface area contributed by atoms with Crippen molar-refractivity contribution >= 4 is 34.7 Å². The van der Waals surface area contributed by atoms with Gasteiger partial charge in [-0.15, -0.1) is 0 Å². The number of benzene rings is 3. The molecule has 1 aliphatic heterocycles. The Hall–Kier alpha value is -4.37. The van der Waals surface area contributed by atoms with E-state index < -0.39 is 10.8 Å². The van der Waals surface area contributed by atoms with Crippen molar-refractivity contribution < 1.29 is 19.2 Å². The third kappa shape index (κ3) is 5.81. The van der Waals surface area contributed by atoms with Gasteiger partial charge in [0.1, 0.15) is 5.92 Å². The van der Waals surface area contributed by atoms with Crippen molar-refractivity contribution in [3.05, 3.63) is 99.6 Å². The van der Waals surface area contributed by atoms with Crippen molar-refractivity contribution in [1.29, 1.82) is 0 Å². The molecule has 0 aromatic heterocycles. The summed E-state index contributed by atoms with van der Waals surface area (Å²) in [6.07, 6.45) is 0.719. The van der Waals surface area contributed by atoms with E-state index in [-0.39, 0.29) is 24.1 Å². The van der Waals surface area contributed by atoms with Gasteiger partial charge in [-0.2, -0.15) is 0 Å². The van der Waals surface area contributed by atoms with E-state index >= 15 is 0 Å². The molecule has 1 atom stereocenters. The Labute approximate surface area is 208 Å². The number of hydrogen-bond donors (Lipinski definition) is 2. The molecule has 1 aliphatic rings. The molecule has 0 bridgehead atoms. The van der Waals surface area contributed by atoms with Crippen LogP contribution in [0.1, 0.15) is 29.5 Å². The minimum Gasteiger partial charge on any atom is -0.465 e. The first kappa shape index (κ1) is 24.7. The summed E-state index contributed by atoms with van der Waals surface area (Å²) in [5.74, 6) is -1.34. The maximum absolute atomic E-state index is 13.0. The SMILES string of the molecule is CCOC(=O)CNCCc1ccc(N=C(c2ccccc2)C2C(=O)Nc3ccc([N+](=O)[O-])cc32)cc1. The first-order valence-corrected chi connectivity index (χ1v) is 11.6. The van der Waals surface area contributed by atoms with Crippen LogP contribution >= 0.6 is 0 Å². The van der Waals surface area contributed by atoms with Crippen molar-refractivity contribution in [1.82, 2.24) is 5.32 Å². The number of nitrogens with one attached hydrogen (secondary N) is 2. The van der Waals surface area contributed by atoms with Crippen LogP contribution in [0.3, 0.4) is 0 Å². The number of rotatable bonds is 10. The molecule has 4 rings (SSSR count). The lowest BCUT2D eigenvalue weighted by molar-refractivity contribution is -0.384. The summed E-state index contributed by atoms with van der Waals surface area (Å²) in [5.41, 5.74) is 3.98. The second-order valence-corrected chi connectivity index (χ2v) is 8.21. The molecular formula is C27H26N4O5. The maximum Gasteiger partial charge on any atom is 0.319 e. The zero-order chi connectivity index (χ0) is 25.5. The molecule has 9 heteroatoms. The summed E-state index contributed by atoms with van der Waals surface area (Å²) in [7, 11) is 0. The van der Waals surface area contributed by atoms with Crippen LogP contribution in [0.5, 0.6) is 0 Å². The van der Waals surface area contributed by atoms with E-state index in [1.807, 2.05) is 54.6 Å². The lowest BCUT2D eigenvalue weighted by Crippen LogP contribution is -2.26. The van der Waals surface area contributed by atoms with Crippen LogP contribution in [0.15, 0.2) is 77.8 Å². The lowest BCUT2D eigenvalue weighted by atomic mass is 9.90. The molecule has 1 amide bonds. The number of esters is 1. The minimum atomic E-state index is -0.783. The summed E-state index contributed by atoms with van der Waals surface area (Å²) in [4.78, 5) is 40.1. The van der Waals surface area contributed by atoms with Crippen molar-refractivity contribution in [2.75, 3.05) is 25.0 Å². The summed E-state index contributed by atoms with van der Waals surface area (Å²) in [6, 6.07) is 21.3.